The van der Waals surface area contributed by atoms with Gasteiger partial charge in [-0.2, -0.15) is 0 Å². The first-order valence-corrected chi connectivity index (χ1v) is 5.53. The topological polar surface area (TPSA) is 29.1 Å². The fourth-order valence-electron chi connectivity index (χ4n) is 1.10. The summed E-state index contributed by atoms with van der Waals surface area (Å²) in [6.07, 6.45) is 1.00. The van der Waals surface area contributed by atoms with E-state index in [4.69, 9.17) is 0 Å². The van der Waals surface area contributed by atoms with Gasteiger partial charge in [-0.1, -0.05) is 6.58 Å². The highest BCUT2D eigenvalue weighted by Gasteiger charge is 2.18. The zero-order valence-corrected chi connectivity index (χ0v) is 10.8. The normalized spacial score (nSPS) is 11.6. The highest BCUT2D eigenvalue weighted by atomic mass is 16.1. The zero-order valence-electron chi connectivity index (χ0n) is 10.8. The van der Waals surface area contributed by atoms with Crippen LogP contribution in [0.2, 0.25) is 0 Å². The quantitative estimate of drug-likeness (QED) is 0.405. The molecule has 0 bridgehead atoms. The third-order valence-corrected chi connectivity index (χ3v) is 2.98. The van der Waals surface area contributed by atoms with Gasteiger partial charge >= 0.3 is 0 Å². The van der Waals surface area contributed by atoms with E-state index < -0.39 is 0 Å². The molecule has 0 unspecified atom stereocenters. The van der Waals surface area contributed by atoms with E-state index in [1.165, 1.54) is 0 Å². The Morgan fingerprint density at radius 3 is 2.33 bits per heavy atom. The summed E-state index contributed by atoms with van der Waals surface area (Å²) in [5, 5.41) is 2.85. The second-order valence-corrected chi connectivity index (χ2v) is 4.99. The van der Waals surface area contributed by atoms with Gasteiger partial charge in [-0.05, 0) is 20.8 Å². The number of nitrogens with zero attached hydrogens (tertiary/aromatic N) is 1. The van der Waals surface area contributed by atoms with Gasteiger partial charge in [-0.15, -0.1) is 0 Å². The van der Waals surface area contributed by atoms with Crippen molar-refractivity contribution in [2.24, 2.45) is 0 Å². The Kier molecular flexibility index (Phi) is 5.58. The summed E-state index contributed by atoms with van der Waals surface area (Å²) in [7, 11) is 4.43. The Balaban J connectivity index is 3.72. The van der Waals surface area contributed by atoms with Crippen molar-refractivity contribution in [3.63, 3.8) is 0 Å². The molecule has 0 saturated carbocycles. The molecular formula is C12H25N2O+. The van der Waals surface area contributed by atoms with Crippen LogP contribution in [0.5, 0.6) is 0 Å². The fourth-order valence-corrected chi connectivity index (χ4v) is 1.10. The molecule has 0 aliphatic rings. The number of amides is 1. The third kappa shape index (κ3) is 5.57. The summed E-state index contributed by atoms with van der Waals surface area (Å²) in [5.41, 5.74) is 0.576. The number of rotatable bonds is 6. The van der Waals surface area contributed by atoms with Crippen LogP contribution in [0.4, 0.5) is 0 Å². The molecule has 15 heavy (non-hydrogen) atoms. The summed E-state index contributed by atoms with van der Waals surface area (Å²) >= 11 is 0. The maximum atomic E-state index is 11.2. The van der Waals surface area contributed by atoms with Gasteiger partial charge in [0.1, 0.15) is 0 Å². The van der Waals surface area contributed by atoms with Crippen molar-refractivity contribution in [1.29, 1.82) is 0 Å². The Labute approximate surface area is 93.7 Å². The lowest BCUT2D eigenvalue weighted by Gasteiger charge is -2.34. The number of hydrogen-bond acceptors (Lipinski definition) is 1. The van der Waals surface area contributed by atoms with Crippen molar-refractivity contribution >= 4 is 5.91 Å². The van der Waals surface area contributed by atoms with Crippen molar-refractivity contribution < 1.29 is 9.28 Å². The molecular weight excluding hydrogens is 188 g/mol. The van der Waals surface area contributed by atoms with Crippen molar-refractivity contribution in [3.8, 4) is 0 Å². The van der Waals surface area contributed by atoms with Crippen LogP contribution in [-0.4, -0.2) is 43.6 Å². The molecule has 0 atom stereocenters. The van der Waals surface area contributed by atoms with Gasteiger partial charge in [0.25, 0.3) is 0 Å². The molecule has 0 heterocycles. The molecule has 3 heteroatoms. The molecule has 1 amide bonds. The van der Waals surface area contributed by atoms with Crippen LogP contribution < -0.4 is 5.32 Å². The number of quaternary nitrogens is 1. The van der Waals surface area contributed by atoms with Gasteiger partial charge in [0.2, 0.25) is 5.91 Å². The molecule has 3 nitrogen and oxygen atoms in total. The predicted octanol–water partition coefficient (Wildman–Crippen LogP) is 1.55. The lowest BCUT2D eigenvalue weighted by atomic mass is 10.2. The Hall–Kier alpha value is -0.830. The van der Waals surface area contributed by atoms with E-state index in [1.807, 2.05) is 0 Å². The molecule has 88 valence electrons. The van der Waals surface area contributed by atoms with E-state index in [2.05, 4.69) is 39.8 Å². The van der Waals surface area contributed by atoms with E-state index in [0.717, 1.165) is 24.0 Å². The van der Waals surface area contributed by atoms with Gasteiger partial charge < -0.3 is 9.80 Å². The molecule has 0 aliphatic heterocycles. The summed E-state index contributed by atoms with van der Waals surface area (Å²) in [6, 6.07) is 0.613. The molecule has 0 aliphatic carbocycles. The maximum Gasteiger partial charge on any atom is 0.246 e. The molecule has 0 saturated heterocycles. The third-order valence-electron chi connectivity index (χ3n) is 2.98. The Morgan fingerprint density at radius 1 is 1.40 bits per heavy atom. The minimum absolute atomic E-state index is 0.0372. The second-order valence-electron chi connectivity index (χ2n) is 4.99. The molecule has 0 aromatic carbocycles. The Bertz CT molecular complexity index is 232. The molecule has 0 rings (SSSR count). The molecule has 0 radical (unpaired) electrons. The lowest BCUT2D eigenvalue weighted by Crippen LogP contribution is -2.47. The predicted molar refractivity (Wildman–Crippen MR) is 64.6 cm³/mol. The van der Waals surface area contributed by atoms with Crippen LogP contribution in [0.1, 0.15) is 27.2 Å². The molecule has 0 fully saturated rings. The van der Waals surface area contributed by atoms with E-state index in [-0.39, 0.29) is 5.91 Å². The second kappa shape index (κ2) is 5.91. The smallest absolute Gasteiger partial charge is 0.246 e. The first-order valence-electron chi connectivity index (χ1n) is 5.53. The number of nitrogens with one attached hydrogen (secondary N) is 1. The van der Waals surface area contributed by atoms with Gasteiger partial charge in [0.15, 0.2) is 0 Å². The standard InChI is InChI=1S/C12H24N2O/c1-10(2)12(15)13-8-7-9-14(5,6)11(3)4/h11H,1,7-9H2,2-6H3/p+1. The molecule has 1 N–H and O–H groups in total. The van der Waals surface area contributed by atoms with Gasteiger partial charge in [0, 0.05) is 18.5 Å². The monoisotopic (exact) mass is 213 g/mol. The van der Waals surface area contributed by atoms with Gasteiger partial charge in [-0.3, -0.25) is 4.79 Å². The molecule has 0 aromatic rings. The number of hydrogen-bond donors (Lipinski definition) is 1. The first kappa shape index (κ1) is 14.2. The lowest BCUT2D eigenvalue weighted by molar-refractivity contribution is -0.911. The maximum absolute atomic E-state index is 11.2. The van der Waals surface area contributed by atoms with Crippen molar-refractivity contribution in [2.75, 3.05) is 27.2 Å². The first-order chi connectivity index (χ1) is 6.77. The molecule has 0 spiro atoms. The average molecular weight is 213 g/mol. The van der Waals surface area contributed by atoms with Crippen molar-refractivity contribution in [2.45, 2.75) is 33.2 Å². The highest BCUT2D eigenvalue weighted by Crippen LogP contribution is 2.05. The summed E-state index contributed by atoms with van der Waals surface area (Å²) in [6.45, 7) is 11.6. The summed E-state index contributed by atoms with van der Waals surface area (Å²) in [4.78, 5) is 11.2. The fraction of sp³-hybridized carbons (Fsp3) is 0.750. The summed E-state index contributed by atoms with van der Waals surface area (Å²) in [5.74, 6) is -0.0372. The van der Waals surface area contributed by atoms with E-state index in [1.54, 1.807) is 6.92 Å². The van der Waals surface area contributed by atoms with Crippen molar-refractivity contribution in [1.82, 2.24) is 5.32 Å². The zero-order chi connectivity index (χ0) is 12.1. The van der Waals surface area contributed by atoms with Crippen LogP contribution in [-0.2, 0) is 4.79 Å². The van der Waals surface area contributed by atoms with E-state index >= 15 is 0 Å². The minimum Gasteiger partial charge on any atom is -0.352 e. The van der Waals surface area contributed by atoms with Crippen LogP contribution in [0.3, 0.4) is 0 Å². The number of carbonyl (C=O) groups excluding carboxylic acids is 1. The summed E-state index contributed by atoms with van der Waals surface area (Å²) < 4.78 is 0.989. The van der Waals surface area contributed by atoms with Crippen molar-refractivity contribution in [3.05, 3.63) is 12.2 Å². The van der Waals surface area contributed by atoms with Crippen LogP contribution >= 0.6 is 0 Å². The molecule has 0 aromatic heterocycles. The average Bonchev–Trinajstić information content (AvgIpc) is 2.11. The number of carbonyl (C=O) groups is 1. The van der Waals surface area contributed by atoms with E-state index in [0.29, 0.717) is 11.6 Å². The largest absolute Gasteiger partial charge is 0.352 e. The SMILES string of the molecule is C=C(C)C(=O)NCCC[N+](C)(C)C(C)C. The highest BCUT2D eigenvalue weighted by molar-refractivity contribution is 5.91. The van der Waals surface area contributed by atoms with Gasteiger partial charge in [-0.25, -0.2) is 0 Å². The van der Waals surface area contributed by atoms with Crippen LogP contribution in [0.15, 0.2) is 12.2 Å². The van der Waals surface area contributed by atoms with E-state index in [9.17, 15) is 4.79 Å². The van der Waals surface area contributed by atoms with Crippen LogP contribution in [0, 0.1) is 0 Å². The Morgan fingerprint density at radius 2 is 1.93 bits per heavy atom. The van der Waals surface area contributed by atoms with Crippen LogP contribution in [0.25, 0.3) is 0 Å². The van der Waals surface area contributed by atoms with Gasteiger partial charge in [0.05, 0.1) is 26.7 Å². The minimum atomic E-state index is -0.0372.